The lowest BCUT2D eigenvalue weighted by Crippen LogP contribution is -2.28. The van der Waals surface area contributed by atoms with E-state index in [9.17, 15) is 4.79 Å². The number of furan rings is 1. The van der Waals surface area contributed by atoms with Crippen molar-refractivity contribution in [3.8, 4) is 11.5 Å². The number of methoxy groups -OCH3 is 1. The van der Waals surface area contributed by atoms with Gasteiger partial charge in [0.15, 0.2) is 16.7 Å². The van der Waals surface area contributed by atoms with Crippen molar-refractivity contribution in [2.45, 2.75) is 13.2 Å². The van der Waals surface area contributed by atoms with Crippen molar-refractivity contribution in [1.29, 1.82) is 0 Å². The summed E-state index contributed by atoms with van der Waals surface area (Å²) in [5.41, 5.74) is 2.43. The number of hydrogen-bond donors (Lipinski definition) is 0. The second-order valence-electron chi connectivity index (χ2n) is 8.69. The van der Waals surface area contributed by atoms with Crippen molar-refractivity contribution in [3.63, 3.8) is 0 Å². The molecule has 2 heterocycles. The largest absolute Gasteiger partial charge is 0.493 e. The molecule has 7 nitrogen and oxygen atoms in total. The normalized spacial score (nSPS) is 15.4. The third-order valence-corrected chi connectivity index (χ3v) is 8.00. The summed E-state index contributed by atoms with van der Waals surface area (Å²) in [7, 11) is 1.56. The number of carbonyl (C=O) groups is 1. The Labute approximate surface area is 259 Å². The first-order valence-electron chi connectivity index (χ1n) is 12.2. The summed E-state index contributed by atoms with van der Waals surface area (Å²) in [6.07, 6.45) is 4.99. The van der Waals surface area contributed by atoms with Crippen LogP contribution in [-0.2, 0) is 17.9 Å². The van der Waals surface area contributed by atoms with Crippen LogP contribution in [-0.4, -0.2) is 29.3 Å². The second kappa shape index (κ2) is 13.4. The summed E-state index contributed by atoms with van der Waals surface area (Å²) in [6.45, 7) is 0.468. The van der Waals surface area contributed by atoms with Crippen LogP contribution < -0.4 is 9.47 Å². The van der Waals surface area contributed by atoms with E-state index < -0.39 is 0 Å². The Morgan fingerprint density at radius 3 is 2.56 bits per heavy atom. The first-order chi connectivity index (χ1) is 19.9. The predicted octanol–water partition coefficient (Wildman–Crippen LogP) is 8.44. The van der Waals surface area contributed by atoms with E-state index in [0.717, 1.165) is 21.2 Å². The molecular weight excluding hydrogens is 649 g/mol. The molecule has 0 unspecified atom stereocenters. The van der Waals surface area contributed by atoms with Crippen molar-refractivity contribution in [3.05, 3.63) is 121 Å². The van der Waals surface area contributed by atoms with Crippen LogP contribution in [0.15, 0.2) is 103 Å². The van der Waals surface area contributed by atoms with Crippen LogP contribution >= 0.6 is 50.9 Å². The van der Waals surface area contributed by atoms with Crippen LogP contribution in [0.25, 0.3) is 6.08 Å². The van der Waals surface area contributed by atoms with Crippen molar-refractivity contribution < 1.29 is 18.7 Å². The number of hydrogen-bond acceptors (Lipinski definition) is 7. The molecule has 0 bridgehead atoms. The van der Waals surface area contributed by atoms with Gasteiger partial charge in [-0.25, -0.2) is 0 Å². The van der Waals surface area contributed by atoms with Gasteiger partial charge in [-0.2, -0.15) is 5.10 Å². The Balaban J connectivity index is 1.36. The minimum Gasteiger partial charge on any atom is -0.493 e. The molecule has 0 aliphatic carbocycles. The second-order valence-corrected chi connectivity index (χ2v) is 11.5. The van der Waals surface area contributed by atoms with Crippen LogP contribution in [0.3, 0.4) is 0 Å². The lowest BCUT2D eigenvalue weighted by atomic mass is 10.1. The third-order valence-electron chi connectivity index (χ3n) is 5.89. The molecule has 0 atom stereocenters. The van der Waals surface area contributed by atoms with Gasteiger partial charge in [-0.05, 0) is 77.5 Å². The zero-order valence-electron chi connectivity index (χ0n) is 21.6. The van der Waals surface area contributed by atoms with Gasteiger partial charge in [-0.3, -0.25) is 9.69 Å². The Kier molecular flexibility index (Phi) is 9.51. The average Bonchev–Trinajstić information content (AvgIpc) is 3.58. The van der Waals surface area contributed by atoms with Crippen LogP contribution in [0.2, 0.25) is 10.0 Å². The predicted molar refractivity (Wildman–Crippen MR) is 168 cm³/mol. The lowest BCUT2D eigenvalue weighted by molar-refractivity contribution is -0.122. The van der Waals surface area contributed by atoms with Crippen LogP contribution in [0.1, 0.15) is 22.5 Å². The SMILES string of the molecule is COc1cc(/C=C2\S/C(=N\N=C\c3ccc(Br)cc3)N(Cc3ccco3)C2=O)ccc1OCc1ccc(Cl)cc1Cl. The lowest BCUT2D eigenvalue weighted by Gasteiger charge is -2.13. The van der Waals surface area contributed by atoms with Crippen molar-refractivity contribution in [2.75, 3.05) is 7.11 Å². The highest BCUT2D eigenvalue weighted by molar-refractivity contribution is 9.10. The summed E-state index contributed by atoms with van der Waals surface area (Å²) >= 11 is 16.9. The maximum absolute atomic E-state index is 13.4. The number of benzene rings is 3. The first-order valence-corrected chi connectivity index (χ1v) is 14.6. The molecule has 1 aliphatic rings. The molecule has 1 fully saturated rings. The highest BCUT2D eigenvalue weighted by Crippen LogP contribution is 2.36. The fourth-order valence-electron chi connectivity index (χ4n) is 3.81. The number of amides is 1. The number of amidine groups is 1. The molecule has 0 spiro atoms. The molecule has 41 heavy (non-hydrogen) atoms. The van der Waals surface area contributed by atoms with Gasteiger partial charge < -0.3 is 13.9 Å². The monoisotopic (exact) mass is 669 g/mol. The van der Waals surface area contributed by atoms with Gasteiger partial charge in [-0.15, -0.1) is 5.10 Å². The minimum atomic E-state index is -0.208. The maximum atomic E-state index is 13.4. The first kappa shape index (κ1) is 29.0. The molecule has 5 rings (SSSR count). The van der Waals surface area contributed by atoms with Gasteiger partial charge in [0.1, 0.15) is 12.4 Å². The van der Waals surface area contributed by atoms with Crippen molar-refractivity contribution in [1.82, 2.24) is 4.90 Å². The number of thioether (sulfide) groups is 1. The quantitative estimate of drug-likeness (QED) is 0.101. The van der Waals surface area contributed by atoms with E-state index in [4.69, 9.17) is 37.1 Å². The number of carbonyl (C=O) groups excluding carboxylic acids is 1. The fourth-order valence-corrected chi connectivity index (χ4v) is 5.48. The molecule has 11 heteroatoms. The van der Waals surface area contributed by atoms with E-state index in [1.165, 1.54) is 11.8 Å². The molecule has 1 saturated heterocycles. The summed E-state index contributed by atoms with van der Waals surface area (Å²) < 4.78 is 18.0. The standard InChI is InChI=1S/C30H22BrCl2N3O4S/c1-38-27-13-20(6-11-26(27)40-18-21-7-10-23(32)15-25(21)33)14-28-29(37)36(17-24-3-2-12-39-24)30(41-28)35-34-16-19-4-8-22(31)9-5-19/h2-16H,17-18H2,1H3/b28-14-,34-16+,35-30-. The average molecular weight is 671 g/mol. The molecule has 1 aromatic heterocycles. The van der Waals surface area contributed by atoms with Crippen molar-refractivity contribution >= 4 is 74.3 Å². The third kappa shape index (κ3) is 7.42. The molecule has 4 aromatic rings. The number of rotatable bonds is 9. The van der Waals surface area contributed by atoms with Gasteiger partial charge >= 0.3 is 0 Å². The molecule has 0 N–H and O–H groups in total. The van der Waals surface area contributed by atoms with Gasteiger partial charge in [-0.1, -0.05) is 63.4 Å². The summed E-state index contributed by atoms with van der Waals surface area (Å²) in [6, 6.07) is 21.9. The molecule has 208 valence electrons. The smallest absolute Gasteiger partial charge is 0.267 e. The Hall–Kier alpha value is -3.50. The van der Waals surface area contributed by atoms with Crippen LogP contribution in [0.5, 0.6) is 11.5 Å². The molecule has 0 saturated carbocycles. The number of ether oxygens (including phenoxy) is 2. The van der Waals surface area contributed by atoms with Gasteiger partial charge in [0, 0.05) is 20.1 Å². The highest BCUT2D eigenvalue weighted by atomic mass is 79.9. The minimum absolute atomic E-state index is 0.208. The molecule has 1 aliphatic heterocycles. The van der Waals surface area contributed by atoms with Crippen LogP contribution in [0, 0.1) is 0 Å². The summed E-state index contributed by atoms with van der Waals surface area (Å²) in [5, 5.41) is 10.1. The zero-order valence-corrected chi connectivity index (χ0v) is 25.5. The Morgan fingerprint density at radius 1 is 1.02 bits per heavy atom. The van der Waals surface area contributed by atoms with Crippen LogP contribution in [0.4, 0.5) is 0 Å². The summed E-state index contributed by atoms with van der Waals surface area (Å²) in [5.74, 6) is 1.48. The molecular formula is C30H22BrCl2N3O4S. The number of halogens is 3. The van der Waals surface area contributed by atoms with E-state index in [-0.39, 0.29) is 19.1 Å². The van der Waals surface area contributed by atoms with Gasteiger partial charge in [0.2, 0.25) is 0 Å². The van der Waals surface area contributed by atoms with E-state index >= 15 is 0 Å². The summed E-state index contributed by atoms with van der Waals surface area (Å²) in [4.78, 5) is 15.5. The molecule has 3 aromatic carbocycles. The zero-order chi connectivity index (χ0) is 28.8. The molecule has 0 radical (unpaired) electrons. The van der Waals surface area contributed by atoms with Gasteiger partial charge in [0.25, 0.3) is 5.91 Å². The topological polar surface area (TPSA) is 76.6 Å². The highest BCUT2D eigenvalue weighted by Gasteiger charge is 2.34. The Morgan fingerprint density at radius 2 is 1.83 bits per heavy atom. The molecule has 1 amide bonds. The van der Waals surface area contributed by atoms with E-state index in [2.05, 4.69) is 26.1 Å². The van der Waals surface area contributed by atoms with Gasteiger partial charge in [0.05, 0.1) is 31.0 Å². The van der Waals surface area contributed by atoms with E-state index in [0.29, 0.717) is 37.4 Å². The van der Waals surface area contributed by atoms with E-state index in [1.54, 1.807) is 60.9 Å². The fraction of sp³-hybridized carbons (Fsp3) is 0.100. The Bertz CT molecular complexity index is 1640. The maximum Gasteiger partial charge on any atom is 0.267 e. The van der Waals surface area contributed by atoms with E-state index in [1.807, 2.05) is 42.5 Å². The van der Waals surface area contributed by atoms with Crippen molar-refractivity contribution in [2.24, 2.45) is 10.2 Å². The number of nitrogens with zero attached hydrogens (tertiary/aromatic N) is 3.